The van der Waals surface area contributed by atoms with E-state index in [0.29, 0.717) is 63.7 Å². The summed E-state index contributed by atoms with van der Waals surface area (Å²) in [7, 11) is 0. The highest BCUT2D eigenvalue weighted by molar-refractivity contribution is 5.79. The molecule has 28 heavy (non-hydrogen) atoms. The SMILES string of the molecule is O=Cc1ccc(OCCOCCOCCOc2ccc(C=O)c(O)c2)cc1O. The number of aromatic hydroxyl groups is 2. The highest BCUT2D eigenvalue weighted by Gasteiger charge is 2.03. The Balaban J connectivity index is 1.48. The molecule has 2 aromatic rings. The molecule has 0 aliphatic heterocycles. The Kier molecular flexibility index (Phi) is 8.77. The van der Waals surface area contributed by atoms with Crippen LogP contribution >= 0.6 is 0 Å². The van der Waals surface area contributed by atoms with Crippen molar-refractivity contribution in [2.45, 2.75) is 0 Å². The van der Waals surface area contributed by atoms with Gasteiger partial charge in [0.25, 0.3) is 0 Å². The molecule has 8 nitrogen and oxygen atoms in total. The van der Waals surface area contributed by atoms with Crippen LogP contribution in [0.1, 0.15) is 20.7 Å². The third kappa shape index (κ3) is 6.90. The molecule has 0 aliphatic carbocycles. The number of hydrogen-bond acceptors (Lipinski definition) is 8. The Labute approximate surface area is 162 Å². The van der Waals surface area contributed by atoms with E-state index < -0.39 is 0 Å². The lowest BCUT2D eigenvalue weighted by molar-refractivity contribution is 0.0273. The van der Waals surface area contributed by atoms with Crippen LogP contribution in [0.25, 0.3) is 0 Å². The Hall–Kier alpha value is -3.10. The Morgan fingerprint density at radius 1 is 0.643 bits per heavy atom. The Morgan fingerprint density at radius 2 is 1.04 bits per heavy atom. The van der Waals surface area contributed by atoms with Gasteiger partial charge >= 0.3 is 0 Å². The van der Waals surface area contributed by atoms with Crippen LogP contribution < -0.4 is 9.47 Å². The monoisotopic (exact) mass is 390 g/mol. The molecular formula is C20H22O8. The van der Waals surface area contributed by atoms with E-state index in [4.69, 9.17) is 18.9 Å². The number of phenols is 2. The average molecular weight is 390 g/mol. The van der Waals surface area contributed by atoms with Gasteiger partial charge in [-0.05, 0) is 24.3 Å². The first-order valence-electron chi connectivity index (χ1n) is 8.61. The second-order valence-electron chi connectivity index (χ2n) is 5.60. The van der Waals surface area contributed by atoms with Gasteiger partial charge in [-0.15, -0.1) is 0 Å². The summed E-state index contributed by atoms with van der Waals surface area (Å²) in [6, 6.07) is 8.90. The molecule has 0 bridgehead atoms. The first-order valence-corrected chi connectivity index (χ1v) is 8.61. The average Bonchev–Trinajstić information content (AvgIpc) is 2.69. The number of benzene rings is 2. The van der Waals surface area contributed by atoms with Gasteiger partial charge < -0.3 is 29.2 Å². The predicted molar refractivity (Wildman–Crippen MR) is 99.6 cm³/mol. The van der Waals surface area contributed by atoms with Crippen LogP contribution in [0.4, 0.5) is 0 Å². The molecule has 0 radical (unpaired) electrons. The second-order valence-corrected chi connectivity index (χ2v) is 5.60. The van der Waals surface area contributed by atoms with Gasteiger partial charge in [0, 0.05) is 12.1 Å². The molecule has 0 aliphatic rings. The summed E-state index contributed by atoms with van der Waals surface area (Å²) >= 11 is 0. The lowest BCUT2D eigenvalue weighted by Gasteiger charge is -2.09. The first kappa shape index (κ1) is 21.2. The van der Waals surface area contributed by atoms with Crippen LogP contribution in [0.3, 0.4) is 0 Å². The van der Waals surface area contributed by atoms with Gasteiger partial charge in [-0.1, -0.05) is 0 Å². The molecule has 8 heteroatoms. The smallest absolute Gasteiger partial charge is 0.153 e. The Bertz CT molecular complexity index is 709. The van der Waals surface area contributed by atoms with E-state index in [-0.39, 0.29) is 22.6 Å². The van der Waals surface area contributed by atoms with Crippen LogP contribution in [0.5, 0.6) is 23.0 Å². The van der Waals surface area contributed by atoms with Crippen molar-refractivity contribution in [3.8, 4) is 23.0 Å². The summed E-state index contributed by atoms with van der Waals surface area (Å²) in [6.45, 7) is 2.05. The fourth-order valence-electron chi connectivity index (χ4n) is 2.18. The fourth-order valence-corrected chi connectivity index (χ4v) is 2.18. The van der Waals surface area contributed by atoms with Crippen molar-refractivity contribution < 1.29 is 38.7 Å². The van der Waals surface area contributed by atoms with Crippen molar-refractivity contribution in [3.63, 3.8) is 0 Å². The zero-order valence-electron chi connectivity index (χ0n) is 15.2. The van der Waals surface area contributed by atoms with E-state index in [0.717, 1.165) is 0 Å². The summed E-state index contributed by atoms with van der Waals surface area (Å²) in [4.78, 5) is 21.2. The molecule has 2 aromatic carbocycles. The zero-order valence-corrected chi connectivity index (χ0v) is 15.2. The molecule has 0 aromatic heterocycles. The predicted octanol–water partition coefficient (Wildman–Crippen LogP) is 2.21. The number of hydrogen-bond donors (Lipinski definition) is 2. The number of ether oxygens (including phenoxy) is 4. The van der Waals surface area contributed by atoms with Gasteiger partial charge in [0.1, 0.15) is 36.2 Å². The van der Waals surface area contributed by atoms with Crippen molar-refractivity contribution in [1.29, 1.82) is 0 Å². The number of phenolic OH excluding ortho intramolecular Hbond substituents is 2. The van der Waals surface area contributed by atoms with Crippen molar-refractivity contribution in [1.82, 2.24) is 0 Å². The standard InChI is InChI=1S/C20H22O8/c21-13-15-1-3-17(11-19(15)23)27-9-7-25-5-6-26-8-10-28-18-4-2-16(14-22)20(24)12-18/h1-4,11-14,23-24H,5-10H2. The van der Waals surface area contributed by atoms with E-state index in [2.05, 4.69) is 0 Å². The van der Waals surface area contributed by atoms with Crippen molar-refractivity contribution in [2.75, 3.05) is 39.6 Å². The molecule has 0 unspecified atom stereocenters. The maximum atomic E-state index is 10.6. The van der Waals surface area contributed by atoms with E-state index in [1.165, 1.54) is 24.3 Å². The molecule has 0 amide bonds. The Morgan fingerprint density at radius 3 is 1.39 bits per heavy atom. The first-order chi connectivity index (χ1) is 13.6. The van der Waals surface area contributed by atoms with Crippen LogP contribution in [-0.2, 0) is 9.47 Å². The van der Waals surface area contributed by atoms with Gasteiger partial charge in [-0.3, -0.25) is 9.59 Å². The highest BCUT2D eigenvalue weighted by Crippen LogP contribution is 2.22. The van der Waals surface area contributed by atoms with Crippen LogP contribution in [0, 0.1) is 0 Å². The summed E-state index contributed by atoms with van der Waals surface area (Å²) in [5.74, 6) is 0.650. The van der Waals surface area contributed by atoms with Gasteiger partial charge in [-0.2, -0.15) is 0 Å². The largest absolute Gasteiger partial charge is 0.507 e. The number of carbonyl (C=O) groups excluding carboxylic acids is 2. The molecule has 2 rings (SSSR count). The van der Waals surface area contributed by atoms with Crippen LogP contribution in [0.2, 0.25) is 0 Å². The van der Waals surface area contributed by atoms with Gasteiger partial charge in [0.05, 0.1) is 37.6 Å². The topological polar surface area (TPSA) is 112 Å². The summed E-state index contributed by atoms with van der Waals surface area (Å²) in [6.07, 6.45) is 1.14. The summed E-state index contributed by atoms with van der Waals surface area (Å²) < 4.78 is 21.5. The maximum Gasteiger partial charge on any atom is 0.153 e. The minimum Gasteiger partial charge on any atom is -0.507 e. The van der Waals surface area contributed by atoms with Crippen molar-refractivity contribution >= 4 is 12.6 Å². The lowest BCUT2D eigenvalue weighted by Crippen LogP contribution is -2.13. The highest BCUT2D eigenvalue weighted by atomic mass is 16.6. The number of aldehydes is 2. The minimum atomic E-state index is -0.126. The molecular weight excluding hydrogens is 368 g/mol. The van der Waals surface area contributed by atoms with Gasteiger partial charge in [-0.25, -0.2) is 0 Å². The molecule has 0 saturated heterocycles. The second kappa shape index (κ2) is 11.6. The minimum absolute atomic E-state index is 0.126. The molecule has 150 valence electrons. The molecule has 2 N–H and O–H groups in total. The summed E-state index contributed by atoms with van der Waals surface area (Å²) in [5, 5.41) is 19.1. The van der Waals surface area contributed by atoms with E-state index in [9.17, 15) is 19.8 Å². The lowest BCUT2D eigenvalue weighted by atomic mass is 10.2. The maximum absolute atomic E-state index is 10.6. The fraction of sp³-hybridized carbons (Fsp3) is 0.300. The van der Waals surface area contributed by atoms with Gasteiger partial charge in [0.15, 0.2) is 12.6 Å². The summed E-state index contributed by atoms with van der Waals surface area (Å²) in [5.41, 5.74) is 0.416. The zero-order chi connectivity index (χ0) is 20.2. The number of rotatable bonds is 13. The third-order valence-electron chi connectivity index (χ3n) is 3.62. The van der Waals surface area contributed by atoms with E-state index >= 15 is 0 Å². The van der Waals surface area contributed by atoms with Gasteiger partial charge in [0.2, 0.25) is 0 Å². The molecule has 0 heterocycles. The normalized spacial score (nSPS) is 10.4. The van der Waals surface area contributed by atoms with Crippen LogP contribution in [0.15, 0.2) is 36.4 Å². The van der Waals surface area contributed by atoms with E-state index in [1.807, 2.05) is 0 Å². The van der Waals surface area contributed by atoms with E-state index in [1.54, 1.807) is 12.1 Å². The van der Waals surface area contributed by atoms with Crippen molar-refractivity contribution in [3.05, 3.63) is 47.5 Å². The van der Waals surface area contributed by atoms with Crippen molar-refractivity contribution in [2.24, 2.45) is 0 Å². The quantitative estimate of drug-likeness (QED) is 0.396. The number of carbonyl (C=O) groups is 2. The molecule has 0 spiro atoms. The molecule has 0 atom stereocenters. The molecule has 0 saturated carbocycles. The van der Waals surface area contributed by atoms with Crippen LogP contribution in [-0.4, -0.2) is 62.4 Å². The molecule has 0 fully saturated rings. The third-order valence-corrected chi connectivity index (χ3v) is 3.62.